The van der Waals surface area contributed by atoms with Crippen molar-refractivity contribution in [1.29, 1.82) is 0 Å². The van der Waals surface area contributed by atoms with E-state index < -0.39 is 11.7 Å². The molecule has 0 spiro atoms. The minimum Gasteiger partial charge on any atom is -0.444 e. The number of hydrogen-bond donors (Lipinski definition) is 2. The summed E-state index contributed by atoms with van der Waals surface area (Å²) in [6, 6.07) is 5.44. The molecular formula is C13H20BrN3O2. The molecule has 1 amide bonds. The van der Waals surface area contributed by atoms with Crippen LogP contribution in [0.25, 0.3) is 0 Å². The van der Waals surface area contributed by atoms with Crippen LogP contribution in [-0.4, -0.2) is 29.3 Å². The molecule has 1 rings (SSSR count). The number of nitrogens with two attached hydrogens (primary N) is 1. The maximum Gasteiger partial charge on any atom is 0.407 e. The van der Waals surface area contributed by atoms with E-state index in [0.29, 0.717) is 13.0 Å². The van der Waals surface area contributed by atoms with Crippen LogP contribution in [0.4, 0.5) is 4.79 Å². The third-order valence-corrected chi connectivity index (χ3v) is 2.68. The molecule has 3 N–H and O–H groups in total. The Morgan fingerprint density at radius 1 is 1.53 bits per heavy atom. The second kappa shape index (κ2) is 6.86. The molecule has 0 fully saturated rings. The molecule has 19 heavy (non-hydrogen) atoms. The van der Waals surface area contributed by atoms with E-state index in [1.54, 1.807) is 0 Å². The van der Waals surface area contributed by atoms with Crippen molar-refractivity contribution in [3.8, 4) is 0 Å². The van der Waals surface area contributed by atoms with Crippen LogP contribution in [0.1, 0.15) is 26.5 Å². The predicted molar refractivity (Wildman–Crippen MR) is 77.9 cm³/mol. The molecule has 0 aliphatic carbocycles. The van der Waals surface area contributed by atoms with Gasteiger partial charge in [-0.3, -0.25) is 0 Å². The number of pyridine rings is 1. The number of carbonyl (C=O) groups is 1. The van der Waals surface area contributed by atoms with E-state index in [1.807, 2.05) is 39.0 Å². The zero-order valence-electron chi connectivity index (χ0n) is 11.4. The van der Waals surface area contributed by atoms with Gasteiger partial charge in [0.15, 0.2) is 0 Å². The lowest BCUT2D eigenvalue weighted by molar-refractivity contribution is 0.0506. The molecule has 1 aromatic rings. The summed E-state index contributed by atoms with van der Waals surface area (Å²) in [6.45, 7) is 5.78. The molecule has 0 aliphatic rings. The lowest BCUT2D eigenvalue weighted by Gasteiger charge is -2.22. The smallest absolute Gasteiger partial charge is 0.407 e. The molecular weight excluding hydrogens is 310 g/mol. The fourth-order valence-corrected chi connectivity index (χ4v) is 1.86. The molecule has 0 aliphatic heterocycles. The number of rotatable bonds is 4. The number of halogens is 1. The second-order valence-electron chi connectivity index (χ2n) is 5.23. The highest BCUT2D eigenvalue weighted by Crippen LogP contribution is 2.09. The Morgan fingerprint density at radius 3 is 2.74 bits per heavy atom. The average molecular weight is 330 g/mol. The molecule has 0 saturated heterocycles. The Labute approximate surface area is 122 Å². The van der Waals surface area contributed by atoms with Crippen LogP contribution in [0, 0.1) is 0 Å². The zero-order chi connectivity index (χ0) is 14.5. The fraction of sp³-hybridized carbons (Fsp3) is 0.538. The van der Waals surface area contributed by atoms with E-state index in [9.17, 15) is 4.79 Å². The molecule has 0 aromatic carbocycles. The summed E-state index contributed by atoms with van der Waals surface area (Å²) >= 11 is 3.31. The number of nitrogens with zero attached hydrogens (tertiary/aromatic N) is 1. The van der Waals surface area contributed by atoms with Crippen LogP contribution >= 0.6 is 15.9 Å². The van der Waals surface area contributed by atoms with Crippen LogP contribution in [-0.2, 0) is 11.2 Å². The first-order valence-electron chi connectivity index (χ1n) is 6.11. The van der Waals surface area contributed by atoms with Gasteiger partial charge in [0.25, 0.3) is 0 Å². The topological polar surface area (TPSA) is 77.2 Å². The van der Waals surface area contributed by atoms with Gasteiger partial charge in [-0.05, 0) is 48.8 Å². The van der Waals surface area contributed by atoms with Gasteiger partial charge in [0.2, 0.25) is 0 Å². The van der Waals surface area contributed by atoms with Gasteiger partial charge in [0.05, 0.1) is 0 Å². The Hall–Kier alpha value is -1.14. The Bertz CT molecular complexity index is 432. The van der Waals surface area contributed by atoms with E-state index in [4.69, 9.17) is 10.5 Å². The van der Waals surface area contributed by atoms with E-state index in [-0.39, 0.29) is 6.04 Å². The second-order valence-corrected chi connectivity index (χ2v) is 6.05. The van der Waals surface area contributed by atoms with Gasteiger partial charge in [-0.1, -0.05) is 6.07 Å². The van der Waals surface area contributed by atoms with Gasteiger partial charge in [-0.15, -0.1) is 0 Å². The van der Waals surface area contributed by atoms with Crippen molar-refractivity contribution >= 4 is 22.0 Å². The molecule has 1 heterocycles. The third-order valence-electron chi connectivity index (χ3n) is 2.23. The first kappa shape index (κ1) is 15.9. The highest BCUT2D eigenvalue weighted by atomic mass is 79.9. The molecule has 6 heteroatoms. The van der Waals surface area contributed by atoms with E-state index in [2.05, 4.69) is 26.2 Å². The number of carbonyl (C=O) groups excluding carboxylic acids is 1. The van der Waals surface area contributed by atoms with Crippen LogP contribution in [0.5, 0.6) is 0 Å². The number of hydrogen-bond acceptors (Lipinski definition) is 4. The lowest BCUT2D eigenvalue weighted by Crippen LogP contribution is -2.44. The van der Waals surface area contributed by atoms with Crippen molar-refractivity contribution in [3.63, 3.8) is 0 Å². The van der Waals surface area contributed by atoms with Gasteiger partial charge in [-0.25, -0.2) is 9.78 Å². The SMILES string of the molecule is CC(C)(C)OC(=O)NC(CN)Cc1cccc(Br)n1. The lowest BCUT2D eigenvalue weighted by atomic mass is 10.1. The van der Waals surface area contributed by atoms with Gasteiger partial charge in [-0.2, -0.15) is 0 Å². The molecule has 0 radical (unpaired) electrons. The minimum absolute atomic E-state index is 0.198. The molecule has 1 aromatic heterocycles. The minimum atomic E-state index is -0.517. The normalized spacial score (nSPS) is 12.9. The number of ether oxygens (including phenoxy) is 1. The Morgan fingerprint density at radius 2 is 2.21 bits per heavy atom. The van der Waals surface area contributed by atoms with Crippen molar-refractivity contribution in [2.75, 3.05) is 6.54 Å². The summed E-state index contributed by atoms with van der Waals surface area (Å²) in [5.41, 5.74) is 6.01. The number of aromatic nitrogens is 1. The summed E-state index contributed by atoms with van der Waals surface area (Å²) in [5, 5.41) is 2.75. The molecule has 1 atom stereocenters. The van der Waals surface area contributed by atoms with Crippen molar-refractivity contribution in [1.82, 2.24) is 10.3 Å². The van der Waals surface area contributed by atoms with Gasteiger partial charge in [0.1, 0.15) is 10.2 Å². The largest absolute Gasteiger partial charge is 0.444 e. The standard InChI is InChI=1S/C13H20BrN3O2/c1-13(2,3)19-12(18)17-10(8-15)7-9-5-4-6-11(14)16-9/h4-6,10H,7-8,15H2,1-3H3,(H,17,18). The monoisotopic (exact) mass is 329 g/mol. The molecule has 0 saturated carbocycles. The maximum atomic E-state index is 11.7. The Balaban J connectivity index is 2.57. The number of amides is 1. The first-order valence-corrected chi connectivity index (χ1v) is 6.90. The number of alkyl carbamates (subject to hydrolysis) is 1. The van der Waals surface area contributed by atoms with Crippen LogP contribution in [0.2, 0.25) is 0 Å². The fourth-order valence-electron chi connectivity index (χ4n) is 1.48. The van der Waals surface area contributed by atoms with Crippen molar-refractivity contribution < 1.29 is 9.53 Å². The van der Waals surface area contributed by atoms with Crippen LogP contribution in [0.3, 0.4) is 0 Å². The predicted octanol–water partition coefficient (Wildman–Crippen LogP) is 2.24. The first-order chi connectivity index (χ1) is 8.80. The van der Waals surface area contributed by atoms with Crippen molar-refractivity contribution in [3.05, 3.63) is 28.5 Å². The van der Waals surface area contributed by atoms with Gasteiger partial charge < -0.3 is 15.8 Å². The summed E-state index contributed by atoms with van der Waals surface area (Å²) in [7, 11) is 0. The molecule has 1 unspecified atom stereocenters. The summed E-state index contributed by atoms with van der Waals surface area (Å²) < 4.78 is 5.96. The summed E-state index contributed by atoms with van der Waals surface area (Å²) in [5.74, 6) is 0. The van der Waals surface area contributed by atoms with Crippen molar-refractivity contribution in [2.24, 2.45) is 5.73 Å². The van der Waals surface area contributed by atoms with E-state index >= 15 is 0 Å². The average Bonchev–Trinajstić information content (AvgIpc) is 2.25. The molecule has 0 bridgehead atoms. The maximum absolute atomic E-state index is 11.7. The number of nitrogens with one attached hydrogen (secondary N) is 1. The van der Waals surface area contributed by atoms with E-state index in [0.717, 1.165) is 10.3 Å². The van der Waals surface area contributed by atoms with Gasteiger partial charge in [0, 0.05) is 24.7 Å². The zero-order valence-corrected chi connectivity index (χ0v) is 13.0. The summed E-state index contributed by atoms with van der Waals surface area (Å²) in [4.78, 5) is 16.0. The van der Waals surface area contributed by atoms with Gasteiger partial charge >= 0.3 is 6.09 Å². The third kappa shape index (κ3) is 6.54. The Kier molecular flexibility index (Phi) is 5.75. The molecule has 5 nitrogen and oxygen atoms in total. The van der Waals surface area contributed by atoms with Crippen molar-refractivity contribution in [2.45, 2.75) is 38.8 Å². The highest BCUT2D eigenvalue weighted by Gasteiger charge is 2.19. The quantitative estimate of drug-likeness (QED) is 0.830. The van der Waals surface area contributed by atoms with E-state index in [1.165, 1.54) is 0 Å². The van der Waals surface area contributed by atoms with Crippen LogP contribution < -0.4 is 11.1 Å². The highest BCUT2D eigenvalue weighted by molar-refractivity contribution is 9.10. The summed E-state index contributed by atoms with van der Waals surface area (Å²) in [6.07, 6.45) is 0.104. The molecule has 106 valence electrons. The van der Waals surface area contributed by atoms with Crippen LogP contribution in [0.15, 0.2) is 22.8 Å².